The Kier molecular flexibility index (Phi) is 4.96. The van der Waals surface area contributed by atoms with E-state index in [0.29, 0.717) is 12.8 Å². The Balaban J connectivity index is 2.55. The minimum Gasteiger partial charge on any atom is -0.507 e. The predicted octanol–water partition coefficient (Wildman–Crippen LogP) is 1.04. The van der Waals surface area contributed by atoms with Gasteiger partial charge in [0, 0.05) is 0 Å². The van der Waals surface area contributed by atoms with Crippen molar-refractivity contribution in [2.24, 2.45) is 0 Å². The number of aryl methyl sites for hydroxylation is 2. The second-order valence-electron chi connectivity index (χ2n) is 4.06. The zero-order chi connectivity index (χ0) is 12.9. The van der Waals surface area contributed by atoms with Gasteiger partial charge in [0.15, 0.2) is 9.84 Å². The first-order valence-electron chi connectivity index (χ1n) is 5.55. The van der Waals surface area contributed by atoms with Crippen LogP contribution in [0.15, 0.2) is 18.2 Å². The molecule has 0 fully saturated rings. The van der Waals surface area contributed by atoms with E-state index in [0.717, 1.165) is 11.1 Å². The summed E-state index contributed by atoms with van der Waals surface area (Å²) in [5.74, 6) is 0.0975. The van der Waals surface area contributed by atoms with E-state index in [1.807, 2.05) is 6.07 Å². The second-order valence-corrected chi connectivity index (χ2v) is 6.37. The van der Waals surface area contributed by atoms with Gasteiger partial charge < -0.3 is 10.2 Å². The van der Waals surface area contributed by atoms with E-state index in [2.05, 4.69) is 0 Å². The predicted molar refractivity (Wildman–Crippen MR) is 66.9 cm³/mol. The molecular formula is C12H18O4S. The molecule has 2 N–H and O–H groups in total. The Morgan fingerprint density at radius 3 is 2.59 bits per heavy atom. The smallest absolute Gasteiger partial charge is 0.152 e. The third-order valence-corrected chi connectivity index (χ3v) is 4.34. The number of rotatable bonds is 6. The number of para-hydroxylation sites is 1. The Morgan fingerprint density at radius 1 is 1.24 bits per heavy atom. The monoisotopic (exact) mass is 258 g/mol. The number of aromatic hydroxyl groups is 1. The fourth-order valence-corrected chi connectivity index (χ4v) is 2.71. The molecule has 0 atom stereocenters. The number of aliphatic hydroxyl groups excluding tert-OH is 1. The molecule has 5 heteroatoms. The van der Waals surface area contributed by atoms with Gasteiger partial charge in [-0.05, 0) is 30.9 Å². The van der Waals surface area contributed by atoms with Gasteiger partial charge in [0.1, 0.15) is 5.75 Å². The van der Waals surface area contributed by atoms with Gasteiger partial charge in [-0.15, -0.1) is 0 Å². The summed E-state index contributed by atoms with van der Waals surface area (Å²) in [4.78, 5) is 0. The van der Waals surface area contributed by atoms with Crippen molar-refractivity contribution >= 4 is 9.84 Å². The molecule has 1 rings (SSSR count). The molecule has 0 unspecified atom stereocenters. The van der Waals surface area contributed by atoms with Crippen molar-refractivity contribution in [1.82, 2.24) is 0 Å². The summed E-state index contributed by atoms with van der Waals surface area (Å²) in [6.45, 7) is 1.47. The molecule has 0 amide bonds. The molecule has 0 heterocycles. The lowest BCUT2D eigenvalue weighted by atomic mass is 10.1. The molecule has 96 valence electrons. The first kappa shape index (κ1) is 14.0. The van der Waals surface area contributed by atoms with Gasteiger partial charge in [-0.2, -0.15) is 0 Å². The highest BCUT2D eigenvalue weighted by atomic mass is 32.2. The molecule has 17 heavy (non-hydrogen) atoms. The van der Waals surface area contributed by atoms with E-state index >= 15 is 0 Å². The quantitative estimate of drug-likeness (QED) is 0.799. The normalized spacial score (nSPS) is 11.6. The van der Waals surface area contributed by atoms with Gasteiger partial charge in [-0.3, -0.25) is 0 Å². The van der Waals surface area contributed by atoms with E-state index in [9.17, 15) is 13.5 Å². The second kappa shape index (κ2) is 6.02. The highest BCUT2D eigenvalue weighted by Gasteiger charge is 2.10. The molecule has 0 bridgehead atoms. The van der Waals surface area contributed by atoms with Crippen molar-refractivity contribution in [2.75, 3.05) is 18.1 Å². The van der Waals surface area contributed by atoms with Crippen molar-refractivity contribution in [2.45, 2.75) is 19.8 Å². The molecule has 1 aromatic rings. The average molecular weight is 258 g/mol. The molecular weight excluding hydrogens is 240 g/mol. The van der Waals surface area contributed by atoms with E-state index < -0.39 is 9.84 Å². The van der Waals surface area contributed by atoms with E-state index in [1.165, 1.54) is 0 Å². The van der Waals surface area contributed by atoms with Gasteiger partial charge >= 0.3 is 0 Å². The molecule has 4 nitrogen and oxygen atoms in total. The zero-order valence-corrected chi connectivity index (χ0v) is 10.7. The van der Waals surface area contributed by atoms with Crippen LogP contribution in [-0.4, -0.2) is 36.7 Å². The van der Waals surface area contributed by atoms with Crippen LogP contribution in [-0.2, 0) is 16.3 Å². The third kappa shape index (κ3) is 4.36. The van der Waals surface area contributed by atoms with Crippen molar-refractivity contribution in [3.05, 3.63) is 29.3 Å². The van der Waals surface area contributed by atoms with Gasteiger partial charge in [-0.1, -0.05) is 18.2 Å². The number of hydrogen-bond donors (Lipinski definition) is 2. The summed E-state index contributed by atoms with van der Waals surface area (Å²) >= 11 is 0. The van der Waals surface area contributed by atoms with E-state index in [4.69, 9.17) is 5.11 Å². The van der Waals surface area contributed by atoms with Crippen LogP contribution in [0.1, 0.15) is 17.5 Å². The summed E-state index contributed by atoms with van der Waals surface area (Å²) in [5.41, 5.74) is 1.56. The van der Waals surface area contributed by atoms with Crippen LogP contribution in [0.4, 0.5) is 0 Å². The topological polar surface area (TPSA) is 74.6 Å². The van der Waals surface area contributed by atoms with Crippen LogP contribution in [0.5, 0.6) is 5.75 Å². The van der Waals surface area contributed by atoms with E-state index in [-0.39, 0.29) is 23.9 Å². The van der Waals surface area contributed by atoms with Crippen molar-refractivity contribution in [3.8, 4) is 5.75 Å². The third-order valence-electron chi connectivity index (χ3n) is 2.63. The Hall–Kier alpha value is -1.07. The van der Waals surface area contributed by atoms with Crippen LogP contribution >= 0.6 is 0 Å². The SMILES string of the molecule is Cc1cccc(CCCS(=O)(=O)CCO)c1O. The summed E-state index contributed by atoms with van der Waals surface area (Å²) in [6, 6.07) is 5.44. The molecule has 0 saturated heterocycles. The lowest BCUT2D eigenvalue weighted by Gasteiger charge is -2.07. The molecule has 1 aromatic carbocycles. The lowest BCUT2D eigenvalue weighted by Crippen LogP contribution is -2.14. The number of phenols is 1. The number of benzene rings is 1. The van der Waals surface area contributed by atoms with Crippen LogP contribution < -0.4 is 0 Å². The molecule has 0 aliphatic carbocycles. The first-order valence-corrected chi connectivity index (χ1v) is 7.37. The maximum Gasteiger partial charge on any atom is 0.152 e. The van der Waals surface area contributed by atoms with Gasteiger partial charge in [-0.25, -0.2) is 8.42 Å². The standard InChI is InChI=1S/C12H18O4S/c1-10-4-2-5-11(12(10)14)6-3-8-17(15,16)9-7-13/h2,4-5,13-14H,3,6-9H2,1H3. The number of aliphatic hydroxyl groups is 1. The van der Waals surface area contributed by atoms with Crippen LogP contribution in [0.25, 0.3) is 0 Å². The molecule has 0 aliphatic heterocycles. The summed E-state index contributed by atoms with van der Waals surface area (Å²) in [5, 5.41) is 18.3. The Morgan fingerprint density at radius 2 is 1.94 bits per heavy atom. The zero-order valence-electron chi connectivity index (χ0n) is 9.89. The van der Waals surface area contributed by atoms with Gasteiger partial charge in [0.25, 0.3) is 0 Å². The van der Waals surface area contributed by atoms with Gasteiger partial charge in [0.2, 0.25) is 0 Å². The van der Waals surface area contributed by atoms with Crippen LogP contribution in [0.3, 0.4) is 0 Å². The van der Waals surface area contributed by atoms with Gasteiger partial charge in [0.05, 0.1) is 18.1 Å². The number of sulfone groups is 1. The number of phenolic OH excluding ortho intramolecular Hbond substituents is 1. The molecule has 0 aromatic heterocycles. The minimum absolute atomic E-state index is 0.0426. The van der Waals surface area contributed by atoms with Crippen LogP contribution in [0, 0.1) is 6.92 Å². The fourth-order valence-electron chi connectivity index (χ4n) is 1.65. The lowest BCUT2D eigenvalue weighted by molar-refractivity contribution is 0.319. The van der Waals surface area contributed by atoms with Crippen molar-refractivity contribution in [1.29, 1.82) is 0 Å². The first-order chi connectivity index (χ1) is 7.96. The minimum atomic E-state index is -3.16. The van der Waals surface area contributed by atoms with Crippen LogP contribution in [0.2, 0.25) is 0 Å². The van der Waals surface area contributed by atoms with Crippen molar-refractivity contribution in [3.63, 3.8) is 0 Å². The van der Waals surface area contributed by atoms with Crippen molar-refractivity contribution < 1.29 is 18.6 Å². The van der Waals surface area contributed by atoms with E-state index in [1.54, 1.807) is 19.1 Å². The summed E-state index contributed by atoms with van der Waals surface area (Å²) < 4.78 is 22.7. The largest absolute Gasteiger partial charge is 0.507 e. The summed E-state index contributed by atoms with van der Waals surface area (Å²) in [7, 11) is -3.16. The maximum atomic E-state index is 11.4. The molecule has 0 spiro atoms. The fraction of sp³-hybridized carbons (Fsp3) is 0.500. The highest BCUT2D eigenvalue weighted by molar-refractivity contribution is 7.91. The molecule has 0 aliphatic rings. The Bertz CT molecular complexity index is 465. The Labute approximate surface area is 102 Å². The molecule has 0 radical (unpaired) electrons. The maximum absolute atomic E-state index is 11.4. The molecule has 0 saturated carbocycles. The number of hydrogen-bond acceptors (Lipinski definition) is 4. The average Bonchev–Trinajstić information content (AvgIpc) is 2.24. The highest BCUT2D eigenvalue weighted by Crippen LogP contribution is 2.22. The summed E-state index contributed by atoms with van der Waals surface area (Å²) in [6.07, 6.45) is 0.984.